The number of thiol groups is 1. The summed E-state index contributed by atoms with van der Waals surface area (Å²) in [5, 5.41) is 11.6. The van der Waals surface area contributed by atoms with Gasteiger partial charge < -0.3 is 5.11 Å². The van der Waals surface area contributed by atoms with Gasteiger partial charge in [-0.2, -0.15) is 12.6 Å². The fourth-order valence-electron chi connectivity index (χ4n) is 1.65. The molecule has 1 N–H and O–H groups in total. The molecule has 0 fully saturated rings. The number of phenolic OH excluding ortho intramolecular Hbond substituents is 1. The molecule has 0 aliphatic carbocycles. The molecule has 2 aromatic rings. The molecule has 0 aromatic heterocycles. The number of fused-ring (bicyclic) bond motifs is 1. The van der Waals surface area contributed by atoms with Crippen molar-refractivity contribution in [2.75, 3.05) is 5.75 Å². The molecule has 0 aliphatic rings. The van der Waals surface area contributed by atoms with Gasteiger partial charge in [0, 0.05) is 0 Å². The third-order valence-electron chi connectivity index (χ3n) is 2.45. The molecule has 16 heavy (non-hydrogen) atoms. The van der Waals surface area contributed by atoms with Gasteiger partial charge in [-0.15, -0.1) is 0 Å². The summed E-state index contributed by atoms with van der Waals surface area (Å²) in [4.78, 5) is 0. The molecule has 2 heteroatoms. The first-order valence-electron chi connectivity index (χ1n) is 5.30. The van der Waals surface area contributed by atoms with E-state index in [9.17, 15) is 5.11 Å². The Morgan fingerprint density at radius 1 is 1.06 bits per heavy atom. The highest BCUT2D eigenvalue weighted by molar-refractivity contribution is 7.80. The van der Waals surface area contributed by atoms with E-state index in [4.69, 9.17) is 0 Å². The second kappa shape index (κ2) is 5.08. The van der Waals surface area contributed by atoms with Crippen LogP contribution in [0.5, 0.6) is 5.75 Å². The van der Waals surface area contributed by atoms with Gasteiger partial charge in [0.05, 0.1) is 0 Å². The highest BCUT2D eigenvalue weighted by Crippen LogP contribution is 2.21. The molecular formula is C14H14OS. The molecule has 82 valence electrons. The normalized spacial score (nSPS) is 11.3. The highest BCUT2D eigenvalue weighted by Gasteiger charge is 1.95. The van der Waals surface area contributed by atoms with Crippen LogP contribution in [0, 0.1) is 0 Å². The van der Waals surface area contributed by atoms with E-state index in [1.807, 2.05) is 6.07 Å². The minimum Gasteiger partial charge on any atom is -0.508 e. The van der Waals surface area contributed by atoms with E-state index < -0.39 is 0 Å². The molecule has 0 aliphatic heterocycles. The second-order valence-electron chi connectivity index (χ2n) is 3.71. The number of benzene rings is 2. The van der Waals surface area contributed by atoms with Crippen molar-refractivity contribution in [1.82, 2.24) is 0 Å². The summed E-state index contributed by atoms with van der Waals surface area (Å²) in [6.07, 6.45) is 5.16. The molecule has 0 saturated heterocycles. The van der Waals surface area contributed by atoms with E-state index in [0.29, 0.717) is 5.75 Å². The van der Waals surface area contributed by atoms with E-state index >= 15 is 0 Å². The molecule has 0 unspecified atom stereocenters. The van der Waals surface area contributed by atoms with Crippen LogP contribution in [0.4, 0.5) is 0 Å². The Balaban J connectivity index is 2.35. The largest absolute Gasteiger partial charge is 0.508 e. The number of hydrogen-bond acceptors (Lipinski definition) is 2. The van der Waals surface area contributed by atoms with Crippen LogP contribution in [0.2, 0.25) is 0 Å². The molecule has 2 rings (SSSR count). The molecular weight excluding hydrogens is 216 g/mol. The van der Waals surface area contributed by atoms with Crippen molar-refractivity contribution in [1.29, 1.82) is 0 Å². The maximum Gasteiger partial charge on any atom is 0.116 e. The summed E-state index contributed by atoms with van der Waals surface area (Å²) >= 11 is 4.16. The van der Waals surface area contributed by atoms with E-state index in [2.05, 4.69) is 43.0 Å². The number of phenols is 1. The maximum atomic E-state index is 9.41. The van der Waals surface area contributed by atoms with Crippen LogP contribution < -0.4 is 0 Å². The lowest BCUT2D eigenvalue weighted by molar-refractivity contribution is 0.476. The molecule has 0 heterocycles. The Kier molecular flexibility index (Phi) is 3.52. The van der Waals surface area contributed by atoms with Crippen LogP contribution >= 0.6 is 12.6 Å². The van der Waals surface area contributed by atoms with Gasteiger partial charge >= 0.3 is 0 Å². The lowest BCUT2D eigenvalue weighted by atomic mass is 10.1. The second-order valence-corrected chi connectivity index (χ2v) is 4.15. The molecule has 0 spiro atoms. The van der Waals surface area contributed by atoms with Gasteiger partial charge in [0.1, 0.15) is 5.75 Å². The number of hydrogen-bond donors (Lipinski definition) is 2. The van der Waals surface area contributed by atoms with Gasteiger partial charge in [0.15, 0.2) is 0 Å². The lowest BCUT2D eigenvalue weighted by Gasteiger charge is -2.00. The van der Waals surface area contributed by atoms with Crippen molar-refractivity contribution in [3.63, 3.8) is 0 Å². The highest BCUT2D eigenvalue weighted by atomic mass is 32.1. The molecule has 0 atom stereocenters. The van der Waals surface area contributed by atoms with Crippen LogP contribution in [0.1, 0.15) is 12.0 Å². The summed E-state index contributed by atoms with van der Waals surface area (Å²) in [5.74, 6) is 1.18. The van der Waals surface area contributed by atoms with Crippen LogP contribution in [0.3, 0.4) is 0 Å². The van der Waals surface area contributed by atoms with Gasteiger partial charge in [0.25, 0.3) is 0 Å². The van der Waals surface area contributed by atoms with Gasteiger partial charge in [-0.05, 0) is 46.7 Å². The molecule has 0 bridgehead atoms. The van der Waals surface area contributed by atoms with Crippen LogP contribution in [0.15, 0.2) is 42.5 Å². The van der Waals surface area contributed by atoms with E-state index in [0.717, 1.165) is 28.5 Å². The zero-order valence-electron chi connectivity index (χ0n) is 8.93. The van der Waals surface area contributed by atoms with Crippen molar-refractivity contribution >= 4 is 29.5 Å². The number of rotatable bonds is 3. The van der Waals surface area contributed by atoms with E-state index in [1.165, 1.54) is 0 Å². The first-order valence-corrected chi connectivity index (χ1v) is 5.93. The Labute approximate surface area is 101 Å². The topological polar surface area (TPSA) is 20.2 Å². The molecule has 0 amide bonds. The Bertz CT molecular complexity index is 517. The smallest absolute Gasteiger partial charge is 0.116 e. The first-order chi connectivity index (χ1) is 7.79. The predicted octanol–water partition coefficient (Wildman–Crippen LogP) is 3.88. The Morgan fingerprint density at radius 2 is 1.88 bits per heavy atom. The summed E-state index contributed by atoms with van der Waals surface area (Å²) in [5.41, 5.74) is 1.15. The number of allylic oxidation sites excluding steroid dienone is 1. The van der Waals surface area contributed by atoms with Crippen LogP contribution in [0.25, 0.3) is 16.8 Å². The quantitative estimate of drug-likeness (QED) is 0.767. The predicted molar refractivity (Wildman–Crippen MR) is 73.1 cm³/mol. The third-order valence-corrected chi connectivity index (χ3v) is 2.71. The van der Waals surface area contributed by atoms with Gasteiger partial charge in [0.2, 0.25) is 0 Å². The van der Waals surface area contributed by atoms with Crippen molar-refractivity contribution in [2.45, 2.75) is 6.42 Å². The standard InChI is InChI=1S/C14H14OS/c15-14-7-6-12-5-4-11(3-1-2-8-16)9-13(12)10-14/h1,3-7,9-10,15-16H,2,8H2. The summed E-state index contributed by atoms with van der Waals surface area (Å²) < 4.78 is 0. The average Bonchev–Trinajstić information content (AvgIpc) is 2.29. The van der Waals surface area contributed by atoms with E-state index in [1.54, 1.807) is 12.1 Å². The molecule has 1 nitrogen and oxygen atoms in total. The SMILES string of the molecule is Oc1ccc2ccc(C=CCCS)cc2c1. The Morgan fingerprint density at radius 3 is 2.69 bits per heavy atom. The lowest BCUT2D eigenvalue weighted by Crippen LogP contribution is -1.76. The monoisotopic (exact) mass is 230 g/mol. The van der Waals surface area contributed by atoms with Crippen LogP contribution in [-0.4, -0.2) is 10.9 Å². The fraction of sp³-hybridized carbons (Fsp3) is 0.143. The zero-order valence-corrected chi connectivity index (χ0v) is 9.82. The van der Waals surface area contributed by atoms with Crippen molar-refractivity contribution in [3.8, 4) is 5.75 Å². The first kappa shape index (κ1) is 11.1. The fourth-order valence-corrected chi connectivity index (χ4v) is 1.80. The Hall–Kier alpha value is -1.41. The minimum atomic E-state index is 0.309. The summed E-state index contributed by atoms with van der Waals surface area (Å²) in [6.45, 7) is 0. The maximum absolute atomic E-state index is 9.41. The summed E-state index contributed by atoms with van der Waals surface area (Å²) in [6, 6.07) is 11.6. The average molecular weight is 230 g/mol. The zero-order chi connectivity index (χ0) is 11.4. The van der Waals surface area contributed by atoms with Crippen molar-refractivity contribution in [2.24, 2.45) is 0 Å². The van der Waals surface area contributed by atoms with Gasteiger partial charge in [-0.25, -0.2) is 0 Å². The minimum absolute atomic E-state index is 0.309. The van der Waals surface area contributed by atoms with Gasteiger partial charge in [-0.3, -0.25) is 0 Å². The van der Waals surface area contributed by atoms with Crippen molar-refractivity contribution < 1.29 is 5.11 Å². The molecule has 0 saturated carbocycles. The summed E-state index contributed by atoms with van der Waals surface area (Å²) in [7, 11) is 0. The van der Waals surface area contributed by atoms with Gasteiger partial charge in [-0.1, -0.05) is 30.4 Å². The molecule has 0 radical (unpaired) electrons. The van der Waals surface area contributed by atoms with Crippen molar-refractivity contribution in [3.05, 3.63) is 48.0 Å². The number of aromatic hydroxyl groups is 1. The van der Waals surface area contributed by atoms with E-state index in [-0.39, 0.29) is 0 Å². The molecule has 2 aromatic carbocycles. The van der Waals surface area contributed by atoms with Crippen LogP contribution in [-0.2, 0) is 0 Å². The third kappa shape index (κ3) is 2.58.